The van der Waals surface area contributed by atoms with Crippen molar-refractivity contribution in [1.82, 2.24) is 14.6 Å². The molecule has 0 aromatic carbocycles. The molecule has 0 saturated heterocycles. The fourth-order valence-electron chi connectivity index (χ4n) is 2.58. The molecule has 0 amide bonds. The summed E-state index contributed by atoms with van der Waals surface area (Å²) >= 11 is 0. The van der Waals surface area contributed by atoms with Gasteiger partial charge in [-0.05, 0) is 25.0 Å². The van der Waals surface area contributed by atoms with E-state index >= 15 is 0 Å². The summed E-state index contributed by atoms with van der Waals surface area (Å²) in [5, 5.41) is 17.2. The van der Waals surface area contributed by atoms with Crippen LogP contribution in [0.15, 0.2) is 18.3 Å². The highest BCUT2D eigenvalue weighted by atomic mass is 19.1. The second-order valence-electron chi connectivity index (χ2n) is 5.08. The lowest BCUT2D eigenvalue weighted by Crippen LogP contribution is -2.30. The van der Waals surface area contributed by atoms with E-state index in [2.05, 4.69) is 15.4 Å². The molecular formula is C13H17FN4O. The molecule has 1 aliphatic rings. The number of nitrogens with one attached hydrogen (secondary N) is 1. The van der Waals surface area contributed by atoms with Gasteiger partial charge in [0.1, 0.15) is 5.82 Å². The monoisotopic (exact) mass is 264 g/mol. The highest BCUT2D eigenvalue weighted by molar-refractivity contribution is 5.43. The van der Waals surface area contributed by atoms with Gasteiger partial charge in [0.2, 0.25) is 5.95 Å². The largest absolute Gasteiger partial charge is 0.393 e. The van der Waals surface area contributed by atoms with Crippen LogP contribution in [0.25, 0.3) is 5.65 Å². The van der Waals surface area contributed by atoms with Crippen LogP contribution in [0, 0.1) is 11.7 Å². The quantitative estimate of drug-likeness (QED) is 0.888. The summed E-state index contributed by atoms with van der Waals surface area (Å²) in [4.78, 5) is 4.26. The molecule has 0 spiro atoms. The summed E-state index contributed by atoms with van der Waals surface area (Å²) < 4.78 is 14.4. The van der Waals surface area contributed by atoms with Gasteiger partial charge in [-0.1, -0.05) is 12.8 Å². The normalized spacial score (nSPS) is 23.7. The Morgan fingerprint density at radius 2 is 2.21 bits per heavy atom. The number of hydrogen-bond donors (Lipinski definition) is 2. The van der Waals surface area contributed by atoms with Crippen LogP contribution in [0.2, 0.25) is 0 Å². The number of aliphatic hydroxyl groups excluding tert-OH is 1. The van der Waals surface area contributed by atoms with Gasteiger partial charge in [0.25, 0.3) is 0 Å². The minimum atomic E-state index is -0.341. The summed E-state index contributed by atoms with van der Waals surface area (Å²) in [6.45, 7) is 0.653. The summed E-state index contributed by atoms with van der Waals surface area (Å²) in [5.41, 5.74) is 0.605. The molecule has 1 aliphatic carbocycles. The van der Waals surface area contributed by atoms with Crippen LogP contribution < -0.4 is 5.32 Å². The molecule has 0 aliphatic heterocycles. The van der Waals surface area contributed by atoms with Gasteiger partial charge in [0.05, 0.1) is 12.3 Å². The fourth-order valence-corrected chi connectivity index (χ4v) is 2.58. The van der Waals surface area contributed by atoms with Crippen molar-refractivity contribution in [1.29, 1.82) is 0 Å². The molecule has 2 heterocycles. The van der Waals surface area contributed by atoms with Gasteiger partial charge >= 0.3 is 0 Å². The lowest BCUT2D eigenvalue weighted by molar-refractivity contribution is 0.0762. The average molecular weight is 264 g/mol. The molecule has 2 aromatic rings. The van der Waals surface area contributed by atoms with Crippen molar-refractivity contribution >= 4 is 11.6 Å². The van der Waals surface area contributed by atoms with E-state index in [0.717, 1.165) is 25.7 Å². The number of pyridine rings is 1. The summed E-state index contributed by atoms with van der Waals surface area (Å²) in [6, 6.07) is 2.95. The predicted octanol–water partition coefficient (Wildman–Crippen LogP) is 1.83. The molecule has 2 unspecified atom stereocenters. The van der Waals surface area contributed by atoms with Gasteiger partial charge in [-0.15, -0.1) is 5.10 Å². The van der Waals surface area contributed by atoms with Crippen molar-refractivity contribution in [3.05, 3.63) is 24.1 Å². The van der Waals surface area contributed by atoms with Gasteiger partial charge in [0, 0.05) is 12.5 Å². The molecule has 1 saturated carbocycles. The molecule has 0 bridgehead atoms. The van der Waals surface area contributed by atoms with E-state index in [1.165, 1.54) is 16.8 Å². The first kappa shape index (κ1) is 12.3. The Bertz CT molecular complexity index is 571. The Morgan fingerprint density at radius 1 is 1.37 bits per heavy atom. The number of nitrogens with zero attached hydrogens (tertiary/aromatic N) is 3. The van der Waals surface area contributed by atoms with Crippen molar-refractivity contribution in [3.8, 4) is 0 Å². The highest BCUT2D eigenvalue weighted by Crippen LogP contribution is 2.24. The molecule has 3 rings (SSSR count). The summed E-state index contributed by atoms with van der Waals surface area (Å²) in [6.07, 6.45) is 5.21. The van der Waals surface area contributed by atoms with Crippen molar-refractivity contribution in [2.24, 2.45) is 5.92 Å². The minimum Gasteiger partial charge on any atom is -0.393 e. The van der Waals surface area contributed by atoms with Crippen LogP contribution in [0.1, 0.15) is 25.7 Å². The third kappa shape index (κ3) is 2.68. The third-order valence-corrected chi connectivity index (χ3v) is 3.69. The maximum Gasteiger partial charge on any atom is 0.243 e. The van der Waals surface area contributed by atoms with Crippen LogP contribution in [0.5, 0.6) is 0 Å². The van der Waals surface area contributed by atoms with Crippen LogP contribution in [-0.4, -0.2) is 32.4 Å². The van der Waals surface area contributed by atoms with E-state index in [9.17, 15) is 9.50 Å². The lowest BCUT2D eigenvalue weighted by atomic mass is 9.86. The highest BCUT2D eigenvalue weighted by Gasteiger charge is 2.22. The van der Waals surface area contributed by atoms with Crippen LogP contribution in [-0.2, 0) is 0 Å². The smallest absolute Gasteiger partial charge is 0.243 e. The zero-order valence-corrected chi connectivity index (χ0v) is 10.6. The van der Waals surface area contributed by atoms with Gasteiger partial charge < -0.3 is 10.4 Å². The van der Waals surface area contributed by atoms with Crippen molar-refractivity contribution in [3.63, 3.8) is 0 Å². The predicted molar refractivity (Wildman–Crippen MR) is 69.4 cm³/mol. The van der Waals surface area contributed by atoms with Crippen molar-refractivity contribution < 1.29 is 9.50 Å². The van der Waals surface area contributed by atoms with Gasteiger partial charge in [-0.3, -0.25) is 0 Å². The van der Waals surface area contributed by atoms with E-state index < -0.39 is 0 Å². The third-order valence-electron chi connectivity index (χ3n) is 3.69. The zero-order valence-electron chi connectivity index (χ0n) is 10.6. The van der Waals surface area contributed by atoms with Gasteiger partial charge in [-0.2, -0.15) is 4.98 Å². The average Bonchev–Trinajstić information content (AvgIpc) is 2.79. The van der Waals surface area contributed by atoms with Gasteiger partial charge in [-0.25, -0.2) is 8.91 Å². The molecule has 2 N–H and O–H groups in total. The number of fused-ring (bicyclic) bond motifs is 1. The van der Waals surface area contributed by atoms with E-state index in [4.69, 9.17) is 0 Å². The number of rotatable bonds is 3. The Kier molecular flexibility index (Phi) is 3.33. The summed E-state index contributed by atoms with van der Waals surface area (Å²) in [5.74, 6) is 0.382. The van der Waals surface area contributed by atoms with Crippen molar-refractivity contribution in [2.75, 3.05) is 11.9 Å². The number of anilines is 1. The molecule has 1 fully saturated rings. The minimum absolute atomic E-state index is 0.240. The number of hydrogen-bond acceptors (Lipinski definition) is 4. The SMILES string of the molecule is OC1CCCCC1CNc1nc2ccc(F)cn2n1. The Labute approximate surface area is 110 Å². The first-order valence-corrected chi connectivity index (χ1v) is 6.66. The van der Waals surface area contributed by atoms with Crippen LogP contribution in [0.4, 0.5) is 10.3 Å². The fraction of sp³-hybridized carbons (Fsp3) is 0.538. The first-order valence-electron chi connectivity index (χ1n) is 6.66. The topological polar surface area (TPSA) is 62.5 Å². The number of aliphatic hydroxyl groups is 1. The molecule has 19 heavy (non-hydrogen) atoms. The van der Waals surface area contributed by atoms with Gasteiger partial charge in [0.15, 0.2) is 5.65 Å². The van der Waals surface area contributed by atoms with Crippen LogP contribution in [0.3, 0.4) is 0 Å². The molecule has 2 aromatic heterocycles. The Balaban J connectivity index is 1.68. The lowest BCUT2D eigenvalue weighted by Gasteiger charge is -2.27. The Hall–Kier alpha value is -1.69. The second kappa shape index (κ2) is 5.13. The first-order chi connectivity index (χ1) is 9.22. The molecule has 5 nitrogen and oxygen atoms in total. The molecule has 6 heteroatoms. The summed E-state index contributed by atoms with van der Waals surface area (Å²) in [7, 11) is 0. The number of halogens is 1. The van der Waals surface area contributed by atoms with Crippen LogP contribution >= 0.6 is 0 Å². The Morgan fingerprint density at radius 3 is 3.05 bits per heavy atom. The van der Waals surface area contributed by atoms with Crippen molar-refractivity contribution in [2.45, 2.75) is 31.8 Å². The molecule has 2 atom stereocenters. The van der Waals surface area contributed by atoms with E-state index in [1.54, 1.807) is 6.07 Å². The maximum atomic E-state index is 13.0. The second-order valence-corrected chi connectivity index (χ2v) is 5.08. The van der Waals surface area contributed by atoms with E-state index in [0.29, 0.717) is 18.1 Å². The zero-order chi connectivity index (χ0) is 13.2. The van der Waals surface area contributed by atoms with E-state index in [-0.39, 0.29) is 17.8 Å². The molecule has 102 valence electrons. The number of aromatic nitrogens is 3. The van der Waals surface area contributed by atoms with E-state index in [1.807, 2.05) is 0 Å². The standard InChI is InChI=1S/C13H17FN4O/c14-10-5-6-12-16-13(17-18(12)8-10)15-7-9-3-1-2-4-11(9)19/h5-6,8-9,11,19H,1-4,7H2,(H,15,17). The molecule has 0 radical (unpaired) electrons. The molecular weight excluding hydrogens is 247 g/mol. The maximum absolute atomic E-state index is 13.0.